The third-order valence-electron chi connectivity index (χ3n) is 3.75. The highest BCUT2D eigenvalue weighted by Gasteiger charge is 2.10. The Morgan fingerprint density at radius 2 is 2.04 bits per heavy atom. The number of hydrogen-bond donors (Lipinski definition) is 0. The maximum Gasteiger partial charge on any atom is 0.330 e. The fourth-order valence-electron chi connectivity index (χ4n) is 2.53. The molecule has 0 aliphatic carbocycles. The van der Waals surface area contributed by atoms with Gasteiger partial charge in [0, 0.05) is 28.0 Å². The molecule has 5 nitrogen and oxygen atoms in total. The number of pyridine rings is 1. The predicted molar refractivity (Wildman–Crippen MR) is 103 cm³/mol. The first kappa shape index (κ1) is 18.2. The highest BCUT2D eigenvalue weighted by Crippen LogP contribution is 2.31. The van der Waals surface area contributed by atoms with Gasteiger partial charge in [-0.25, -0.2) is 4.79 Å². The van der Waals surface area contributed by atoms with E-state index in [2.05, 4.69) is 30.2 Å². The van der Waals surface area contributed by atoms with Crippen LogP contribution in [0.2, 0.25) is 0 Å². The first-order chi connectivity index (χ1) is 12.6. The first-order valence-corrected chi connectivity index (χ1v) is 9.36. The van der Waals surface area contributed by atoms with Crippen molar-refractivity contribution < 1.29 is 9.53 Å². The van der Waals surface area contributed by atoms with E-state index in [0.29, 0.717) is 12.5 Å². The molecular weight excluding hydrogens is 346 g/mol. The Balaban J connectivity index is 1.88. The molecule has 134 valence electrons. The van der Waals surface area contributed by atoms with E-state index >= 15 is 0 Å². The number of ether oxygens (including phenoxy) is 1. The highest BCUT2D eigenvalue weighted by molar-refractivity contribution is 7.99. The third-order valence-corrected chi connectivity index (χ3v) is 4.82. The smallest absolute Gasteiger partial charge is 0.330 e. The lowest BCUT2D eigenvalue weighted by molar-refractivity contribution is -0.137. The molecular formula is C20H21N3O2S. The van der Waals surface area contributed by atoms with Crippen molar-refractivity contribution in [2.45, 2.75) is 36.5 Å². The van der Waals surface area contributed by atoms with Gasteiger partial charge in [-0.15, -0.1) is 10.2 Å². The topological polar surface area (TPSA) is 56.5 Å². The standard InChI is InChI=1S/C20H21N3O2S/c1-4-25-19(24)12-9-15-7-5-6-8-17(15)26-16-10-11-18-21-22-20(14(2)3)23(18)13-16/h5-14H,4H2,1-3H3. The van der Waals surface area contributed by atoms with Crippen LogP contribution >= 0.6 is 11.8 Å². The second kappa shape index (κ2) is 8.19. The second-order valence-electron chi connectivity index (χ2n) is 6.03. The van der Waals surface area contributed by atoms with Crippen molar-refractivity contribution in [1.82, 2.24) is 14.6 Å². The van der Waals surface area contributed by atoms with E-state index in [1.54, 1.807) is 24.8 Å². The number of rotatable bonds is 6. The van der Waals surface area contributed by atoms with E-state index in [1.807, 2.05) is 40.8 Å². The average molecular weight is 367 g/mol. The van der Waals surface area contributed by atoms with Gasteiger partial charge < -0.3 is 4.74 Å². The van der Waals surface area contributed by atoms with Crippen LogP contribution in [0.1, 0.15) is 38.1 Å². The zero-order chi connectivity index (χ0) is 18.5. The quantitative estimate of drug-likeness (QED) is 0.471. The molecule has 3 rings (SSSR count). The van der Waals surface area contributed by atoms with Gasteiger partial charge in [-0.3, -0.25) is 4.40 Å². The summed E-state index contributed by atoms with van der Waals surface area (Å²) in [4.78, 5) is 13.7. The molecule has 0 bridgehead atoms. The molecule has 0 unspecified atom stereocenters. The number of esters is 1. The van der Waals surface area contributed by atoms with Crippen molar-refractivity contribution in [2.24, 2.45) is 0 Å². The molecule has 2 heterocycles. The van der Waals surface area contributed by atoms with Crippen LogP contribution in [-0.4, -0.2) is 27.2 Å². The molecule has 26 heavy (non-hydrogen) atoms. The number of carbonyl (C=O) groups excluding carboxylic acids is 1. The molecule has 1 aromatic carbocycles. The Bertz CT molecular complexity index is 947. The lowest BCUT2D eigenvalue weighted by Crippen LogP contribution is -1.98. The minimum absolute atomic E-state index is 0.296. The van der Waals surface area contributed by atoms with E-state index in [-0.39, 0.29) is 5.97 Å². The van der Waals surface area contributed by atoms with Crippen molar-refractivity contribution in [2.75, 3.05) is 6.61 Å². The van der Waals surface area contributed by atoms with Crippen LogP contribution in [0.5, 0.6) is 0 Å². The number of benzene rings is 1. The lowest BCUT2D eigenvalue weighted by atomic mass is 10.2. The molecule has 0 aliphatic rings. The Labute approximate surface area is 157 Å². The van der Waals surface area contributed by atoms with Gasteiger partial charge in [0.2, 0.25) is 0 Å². The summed E-state index contributed by atoms with van der Waals surface area (Å²) < 4.78 is 6.98. The molecule has 0 aliphatic heterocycles. The monoisotopic (exact) mass is 367 g/mol. The summed E-state index contributed by atoms with van der Waals surface area (Å²) in [5.74, 6) is 0.905. The predicted octanol–water partition coefficient (Wildman–Crippen LogP) is 4.58. The van der Waals surface area contributed by atoms with E-state index in [9.17, 15) is 4.79 Å². The molecule has 0 N–H and O–H groups in total. The van der Waals surface area contributed by atoms with Gasteiger partial charge in [0.15, 0.2) is 5.65 Å². The molecule has 6 heteroatoms. The summed E-state index contributed by atoms with van der Waals surface area (Å²) in [6.45, 7) is 6.37. The normalized spacial score (nSPS) is 11.5. The van der Waals surface area contributed by atoms with Crippen LogP contribution in [-0.2, 0) is 9.53 Å². The Hall–Kier alpha value is -2.60. The fourth-order valence-corrected chi connectivity index (χ4v) is 3.48. The third kappa shape index (κ3) is 4.14. The maximum atomic E-state index is 11.6. The summed E-state index contributed by atoms with van der Waals surface area (Å²) in [6.07, 6.45) is 5.31. The molecule has 0 atom stereocenters. The largest absolute Gasteiger partial charge is 0.463 e. The van der Waals surface area contributed by atoms with E-state index in [0.717, 1.165) is 26.8 Å². The van der Waals surface area contributed by atoms with Gasteiger partial charge in [-0.2, -0.15) is 0 Å². The molecule has 0 amide bonds. The lowest BCUT2D eigenvalue weighted by Gasteiger charge is -2.08. The van der Waals surface area contributed by atoms with Crippen molar-refractivity contribution in [3.05, 3.63) is 60.1 Å². The zero-order valence-corrected chi connectivity index (χ0v) is 15.9. The molecule has 0 saturated heterocycles. The van der Waals surface area contributed by atoms with E-state index in [4.69, 9.17) is 4.74 Å². The van der Waals surface area contributed by atoms with Crippen LogP contribution in [0.3, 0.4) is 0 Å². The van der Waals surface area contributed by atoms with Crippen LogP contribution in [0, 0.1) is 0 Å². The first-order valence-electron chi connectivity index (χ1n) is 8.55. The maximum absolute atomic E-state index is 11.6. The molecule has 0 fully saturated rings. The molecule has 3 aromatic rings. The number of fused-ring (bicyclic) bond motifs is 1. The number of carbonyl (C=O) groups is 1. The van der Waals surface area contributed by atoms with Gasteiger partial charge in [0.05, 0.1) is 6.61 Å². The Kier molecular flexibility index (Phi) is 5.73. The molecule has 0 saturated carbocycles. The van der Waals surface area contributed by atoms with Crippen molar-refractivity contribution in [1.29, 1.82) is 0 Å². The summed E-state index contributed by atoms with van der Waals surface area (Å²) >= 11 is 1.64. The summed E-state index contributed by atoms with van der Waals surface area (Å²) in [7, 11) is 0. The van der Waals surface area contributed by atoms with Crippen LogP contribution in [0.15, 0.2) is 58.5 Å². The minimum Gasteiger partial charge on any atom is -0.463 e. The molecule has 0 spiro atoms. The van der Waals surface area contributed by atoms with Crippen LogP contribution < -0.4 is 0 Å². The fraction of sp³-hybridized carbons (Fsp3) is 0.250. The van der Waals surface area contributed by atoms with Crippen molar-refractivity contribution in [3.8, 4) is 0 Å². The second-order valence-corrected chi connectivity index (χ2v) is 7.15. The van der Waals surface area contributed by atoms with Crippen molar-refractivity contribution in [3.63, 3.8) is 0 Å². The number of hydrogen-bond acceptors (Lipinski definition) is 5. The summed E-state index contributed by atoms with van der Waals surface area (Å²) in [6, 6.07) is 12.0. The van der Waals surface area contributed by atoms with Gasteiger partial charge in [0.25, 0.3) is 0 Å². The van der Waals surface area contributed by atoms with Gasteiger partial charge in [-0.05, 0) is 36.8 Å². The highest BCUT2D eigenvalue weighted by atomic mass is 32.2. The van der Waals surface area contributed by atoms with Crippen molar-refractivity contribution >= 4 is 29.5 Å². The zero-order valence-electron chi connectivity index (χ0n) is 15.0. The van der Waals surface area contributed by atoms with Crippen LogP contribution in [0.25, 0.3) is 11.7 Å². The van der Waals surface area contributed by atoms with Gasteiger partial charge >= 0.3 is 5.97 Å². The van der Waals surface area contributed by atoms with Gasteiger partial charge in [0.1, 0.15) is 5.82 Å². The number of aromatic nitrogens is 3. The average Bonchev–Trinajstić information content (AvgIpc) is 3.05. The number of nitrogens with zero attached hydrogens (tertiary/aromatic N) is 3. The van der Waals surface area contributed by atoms with Gasteiger partial charge in [-0.1, -0.05) is 43.8 Å². The molecule has 0 radical (unpaired) electrons. The summed E-state index contributed by atoms with van der Waals surface area (Å²) in [5, 5.41) is 8.48. The Morgan fingerprint density at radius 1 is 1.23 bits per heavy atom. The molecule has 2 aromatic heterocycles. The SMILES string of the molecule is CCOC(=O)C=Cc1ccccc1Sc1ccc2nnc(C(C)C)n2c1. The van der Waals surface area contributed by atoms with E-state index < -0.39 is 0 Å². The summed E-state index contributed by atoms with van der Waals surface area (Å²) in [5.41, 5.74) is 1.81. The minimum atomic E-state index is -0.334. The van der Waals surface area contributed by atoms with E-state index in [1.165, 1.54) is 6.08 Å². The Morgan fingerprint density at radius 3 is 2.81 bits per heavy atom. The van der Waals surface area contributed by atoms with Crippen LogP contribution in [0.4, 0.5) is 0 Å².